The van der Waals surface area contributed by atoms with Gasteiger partial charge in [0, 0.05) is 11.9 Å². The number of nitrogen functional groups attached to an aromatic ring is 1. The molecule has 1 aromatic rings. The number of nitrogens with two attached hydrogens (primary N) is 1. The third kappa shape index (κ3) is 2.27. The largest absolute Gasteiger partial charge is 0.465 e. The summed E-state index contributed by atoms with van der Waals surface area (Å²) in [5, 5.41) is 0. The molecule has 0 atom stereocenters. The molecule has 0 amide bonds. The lowest BCUT2D eigenvalue weighted by atomic mass is 10.2. The van der Waals surface area contributed by atoms with E-state index in [-0.39, 0.29) is 16.1 Å². The van der Waals surface area contributed by atoms with E-state index in [9.17, 15) is 13.2 Å². The van der Waals surface area contributed by atoms with Crippen molar-refractivity contribution in [1.82, 2.24) is 0 Å². The maximum atomic E-state index is 11.4. The first kappa shape index (κ1) is 11.5. The summed E-state index contributed by atoms with van der Waals surface area (Å²) in [5.74, 6) is -0.756. The Morgan fingerprint density at radius 1 is 1.40 bits per heavy atom. The Hall–Kier alpha value is -1.56. The molecule has 0 bridgehead atoms. The van der Waals surface area contributed by atoms with Crippen LogP contribution in [0.4, 0.5) is 5.69 Å². The van der Waals surface area contributed by atoms with Gasteiger partial charge in [0.05, 0.1) is 12.0 Å². The molecule has 0 fully saturated rings. The first-order chi connectivity index (χ1) is 6.88. The van der Waals surface area contributed by atoms with Crippen LogP contribution in [0.2, 0.25) is 0 Å². The van der Waals surface area contributed by atoms with Gasteiger partial charge in [-0.3, -0.25) is 0 Å². The van der Waals surface area contributed by atoms with Gasteiger partial charge in [-0.25, -0.2) is 13.2 Å². The molecule has 0 saturated heterocycles. The van der Waals surface area contributed by atoms with Crippen molar-refractivity contribution >= 4 is 21.5 Å². The van der Waals surface area contributed by atoms with Crippen LogP contribution in [0.25, 0.3) is 0 Å². The number of esters is 1. The summed E-state index contributed by atoms with van der Waals surface area (Å²) in [6.45, 7) is 0. The van der Waals surface area contributed by atoms with Gasteiger partial charge in [0.15, 0.2) is 9.84 Å². The Bertz CT molecular complexity index is 493. The Kier molecular flexibility index (Phi) is 2.99. The number of hydrogen-bond donors (Lipinski definition) is 1. The molecule has 0 aliphatic rings. The van der Waals surface area contributed by atoms with E-state index in [0.717, 1.165) is 6.26 Å². The molecule has 0 heterocycles. The molecular formula is C9H11NO4S. The van der Waals surface area contributed by atoms with Crippen LogP contribution < -0.4 is 5.73 Å². The molecular weight excluding hydrogens is 218 g/mol. The number of carbonyl (C=O) groups is 1. The van der Waals surface area contributed by atoms with Gasteiger partial charge < -0.3 is 10.5 Å². The Morgan fingerprint density at radius 2 is 2.00 bits per heavy atom. The van der Waals surface area contributed by atoms with E-state index >= 15 is 0 Å². The smallest absolute Gasteiger partial charge is 0.341 e. The van der Waals surface area contributed by atoms with Crippen LogP contribution in [0.15, 0.2) is 23.1 Å². The van der Waals surface area contributed by atoms with Gasteiger partial charge in [-0.1, -0.05) is 6.07 Å². The second-order valence-corrected chi connectivity index (χ2v) is 4.97. The predicted molar refractivity (Wildman–Crippen MR) is 55.3 cm³/mol. The molecule has 0 radical (unpaired) electrons. The van der Waals surface area contributed by atoms with E-state index in [1.807, 2.05) is 0 Å². The van der Waals surface area contributed by atoms with Crippen molar-refractivity contribution < 1.29 is 17.9 Å². The Labute approximate surface area is 87.8 Å². The average molecular weight is 229 g/mol. The van der Waals surface area contributed by atoms with E-state index < -0.39 is 15.8 Å². The standard InChI is InChI=1S/C9H11NO4S/c1-14-9(11)8-6(10)4-3-5-7(8)15(2,12)13/h3-5H,10H2,1-2H3. The van der Waals surface area contributed by atoms with Gasteiger partial charge >= 0.3 is 5.97 Å². The van der Waals surface area contributed by atoms with Crippen LogP contribution in [0.1, 0.15) is 10.4 Å². The van der Waals surface area contributed by atoms with Crippen LogP contribution in [0, 0.1) is 0 Å². The van der Waals surface area contributed by atoms with Gasteiger partial charge in [-0.15, -0.1) is 0 Å². The quantitative estimate of drug-likeness (QED) is 0.588. The van der Waals surface area contributed by atoms with Crippen molar-refractivity contribution in [2.75, 3.05) is 19.1 Å². The van der Waals surface area contributed by atoms with Gasteiger partial charge in [0.1, 0.15) is 5.56 Å². The van der Waals surface area contributed by atoms with Crippen LogP contribution >= 0.6 is 0 Å². The van der Waals surface area contributed by atoms with Crippen molar-refractivity contribution in [3.05, 3.63) is 23.8 Å². The Morgan fingerprint density at radius 3 is 2.47 bits per heavy atom. The third-order valence-corrected chi connectivity index (χ3v) is 2.99. The second kappa shape index (κ2) is 3.90. The van der Waals surface area contributed by atoms with E-state index in [4.69, 9.17) is 5.73 Å². The maximum absolute atomic E-state index is 11.4. The highest BCUT2D eigenvalue weighted by molar-refractivity contribution is 7.90. The van der Waals surface area contributed by atoms with Crippen molar-refractivity contribution in [2.24, 2.45) is 0 Å². The minimum atomic E-state index is -3.49. The molecule has 0 aliphatic carbocycles. The van der Waals surface area contributed by atoms with Crippen molar-refractivity contribution in [2.45, 2.75) is 4.90 Å². The fourth-order valence-corrected chi connectivity index (χ4v) is 2.08. The zero-order chi connectivity index (χ0) is 11.6. The fraction of sp³-hybridized carbons (Fsp3) is 0.222. The number of anilines is 1. The van der Waals surface area contributed by atoms with E-state index in [2.05, 4.69) is 4.74 Å². The molecule has 0 saturated carbocycles. The predicted octanol–water partition coefficient (Wildman–Crippen LogP) is 0.459. The number of rotatable bonds is 2. The highest BCUT2D eigenvalue weighted by Gasteiger charge is 2.21. The number of benzene rings is 1. The number of sulfone groups is 1. The zero-order valence-electron chi connectivity index (χ0n) is 8.35. The second-order valence-electron chi connectivity index (χ2n) is 2.98. The average Bonchev–Trinajstić information content (AvgIpc) is 2.15. The summed E-state index contributed by atoms with van der Waals surface area (Å²) in [7, 11) is -2.32. The summed E-state index contributed by atoms with van der Waals surface area (Å²) in [4.78, 5) is 11.2. The lowest BCUT2D eigenvalue weighted by Gasteiger charge is -2.08. The topological polar surface area (TPSA) is 86.5 Å². The van der Waals surface area contributed by atoms with Gasteiger partial charge in [0.25, 0.3) is 0 Å². The van der Waals surface area contributed by atoms with E-state index in [1.165, 1.54) is 25.3 Å². The Balaban J connectivity index is 3.54. The summed E-state index contributed by atoms with van der Waals surface area (Å²) >= 11 is 0. The lowest BCUT2D eigenvalue weighted by Crippen LogP contribution is -2.12. The number of methoxy groups -OCH3 is 1. The molecule has 6 heteroatoms. The SMILES string of the molecule is COC(=O)c1c(N)cccc1S(C)(=O)=O. The highest BCUT2D eigenvalue weighted by Crippen LogP contribution is 2.22. The molecule has 15 heavy (non-hydrogen) atoms. The molecule has 5 nitrogen and oxygen atoms in total. The molecule has 1 aromatic carbocycles. The zero-order valence-corrected chi connectivity index (χ0v) is 9.17. The molecule has 82 valence electrons. The van der Waals surface area contributed by atoms with Crippen molar-refractivity contribution in [1.29, 1.82) is 0 Å². The van der Waals surface area contributed by atoms with Crippen LogP contribution in [0.3, 0.4) is 0 Å². The number of ether oxygens (including phenoxy) is 1. The van der Waals surface area contributed by atoms with Gasteiger partial charge in [-0.2, -0.15) is 0 Å². The van der Waals surface area contributed by atoms with Crippen LogP contribution in [-0.2, 0) is 14.6 Å². The number of carbonyl (C=O) groups excluding carboxylic acids is 1. The monoisotopic (exact) mass is 229 g/mol. The summed E-state index contributed by atoms with van der Waals surface area (Å²) in [5.41, 5.74) is 5.51. The minimum Gasteiger partial charge on any atom is -0.465 e. The van der Waals surface area contributed by atoms with Crippen molar-refractivity contribution in [3.8, 4) is 0 Å². The van der Waals surface area contributed by atoms with E-state index in [1.54, 1.807) is 0 Å². The number of hydrogen-bond acceptors (Lipinski definition) is 5. The van der Waals surface area contributed by atoms with Crippen LogP contribution in [0.5, 0.6) is 0 Å². The minimum absolute atomic E-state index is 0.0878. The van der Waals surface area contributed by atoms with Gasteiger partial charge in [0.2, 0.25) is 0 Å². The molecule has 2 N–H and O–H groups in total. The lowest BCUT2D eigenvalue weighted by molar-refractivity contribution is 0.0597. The van der Waals surface area contributed by atoms with Crippen molar-refractivity contribution in [3.63, 3.8) is 0 Å². The first-order valence-electron chi connectivity index (χ1n) is 4.04. The normalized spacial score (nSPS) is 11.1. The first-order valence-corrected chi connectivity index (χ1v) is 5.94. The molecule has 0 aromatic heterocycles. The summed E-state index contributed by atoms with van der Waals surface area (Å²) in [6, 6.07) is 4.23. The molecule has 1 rings (SSSR count). The van der Waals surface area contributed by atoms with Crippen LogP contribution in [-0.4, -0.2) is 27.8 Å². The summed E-state index contributed by atoms with van der Waals surface area (Å²) < 4.78 is 27.2. The highest BCUT2D eigenvalue weighted by atomic mass is 32.2. The third-order valence-electron chi connectivity index (χ3n) is 1.85. The fourth-order valence-electron chi connectivity index (χ4n) is 1.18. The molecule has 0 spiro atoms. The molecule has 0 aliphatic heterocycles. The summed E-state index contributed by atoms with van der Waals surface area (Å²) in [6.07, 6.45) is 1.01. The van der Waals surface area contributed by atoms with Gasteiger partial charge in [-0.05, 0) is 12.1 Å². The molecule has 0 unspecified atom stereocenters. The maximum Gasteiger partial charge on any atom is 0.341 e. The van der Waals surface area contributed by atoms with E-state index in [0.29, 0.717) is 0 Å².